The molecule has 0 aliphatic carbocycles. The van der Waals surface area contributed by atoms with Crippen LogP contribution in [-0.4, -0.2) is 38.1 Å². The van der Waals surface area contributed by atoms with Gasteiger partial charge in [-0.2, -0.15) is 0 Å². The third kappa shape index (κ3) is 4.02. The zero-order valence-electron chi connectivity index (χ0n) is 11.2. The van der Waals surface area contributed by atoms with E-state index >= 15 is 0 Å². The van der Waals surface area contributed by atoms with E-state index in [-0.39, 0.29) is 16.2 Å². The fraction of sp³-hybridized carbons (Fsp3) is 0.455. The number of carbonyl (C=O) groups is 2. The zero-order valence-corrected chi connectivity index (χ0v) is 12.8. The van der Waals surface area contributed by atoms with Crippen LogP contribution in [-0.2, 0) is 19.6 Å². The molecule has 0 aliphatic rings. The van der Waals surface area contributed by atoms with Gasteiger partial charge in [-0.15, -0.1) is 11.3 Å². The van der Waals surface area contributed by atoms with Crippen molar-refractivity contribution in [2.45, 2.75) is 30.7 Å². The molecule has 2 N–H and O–H groups in total. The topological polar surface area (TPSA) is 110 Å². The number of carbonyl (C=O) groups excluding carboxylic acids is 1. The molecule has 0 spiro atoms. The molecule has 0 saturated carbocycles. The number of carboxylic acid groups (broad SMARTS) is 1. The highest BCUT2D eigenvalue weighted by Gasteiger charge is 2.32. The molecule has 0 saturated heterocycles. The van der Waals surface area contributed by atoms with Crippen molar-refractivity contribution in [3.63, 3.8) is 0 Å². The number of rotatable bonds is 6. The molecule has 0 fully saturated rings. The molecule has 0 unspecified atom stereocenters. The van der Waals surface area contributed by atoms with E-state index in [9.17, 15) is 18.0 Å². The van der Waals surface area contributed by atoms with Gasteiger partial charge >= 0.3 is 11.9 Å². The summed E-state index contributed by atoms with van der Waals surface area (Å²) in [6.45, 7) is 2.89. The number of hydrogen-bond acceptors (Lipinski definition) is 6. The van der Waals surface area contributed by atoms with Crippen LogP contribution < -0.4 is 4.72 Å². The van der Waals surface area contributed by atoms with Crippen molar-refractivity contribution in [1.29, 1.82) is 0 Å². The van der Waals surface area contributed by atoms with E-state index in [1.165, 1.54) is 25.3 Å². The molecular formula is C11H15NO6S2. The van der Waals surface area contributed by atoms with Crippen molar-refractivity contribution in [1.82, 2.24) is 4.72 Å². The summed E-state index contributed by atoms with van der Waals surface area (Å²) in [5.41, 5.74) is -1.18. The number of methoxy groups -OCH3 is 1. The lowest BCUT2D eigenvalue weighted by atomic mass is 10.0. The largest absolute Gasteiger partial charge is 0.481 e. The second-order valence-electron chi connectivity index (χ2n) is 4.67. The highest BCUT2D eigenvalue weighted by molar-refractivity contribution is 7.89. The van der Waals surface area contributed by atoms with Gasteiger partial charge in [-0.3, -0.25) is 4.79 Å². The number of aliphatic carboxylic acids is 1. The monoisotopic (exact) mass is 321 g/mol. The summed E-state index contributed by atoms with van der Waals surface area (Å²) in [5.74, 6) is -1.88. The predicted octanol–water partition coefficient (Wildman–Crippen LogP) is 1.07. The Morgan fingerprint density at radius 2 is 2.05 bits per heavy atom. The highest BCUT2D eigenvalue weighted by atomic mass is 32.2. The van der Waals surface area contributed by atoms with Crippen molar-refractivity contribution >= 4 is 33.3 Å². The fourth-order valence-electron chi connectivity index (χ4n) is 1.58. The Morgan fingerprint density at radius 1 is 1.45 bits per heavy atom. The summed E-state index contributed by atoms with van der Waals surface area (Å²) in [6.07, 6.45) is -0.385. The third-order valence-electron chi connectivity index (χ3n) is 2.29. The molecule has 9 heteroatoms. The van der Waals surface area contributed by atoms with Gasteiger partial charge in [-0.1, -0.05) is 0 Å². The number of nitrogens with one attached hydrogen (secondary N) is 1. The molecule has 112 valence electrons. The molecule has 0 bridgehead atoms. The van der Waals surface area contributed by atoms with E-state index in [1.54, 1.807) is 0 Å². The third-order valence-corrected chi connectivity index (χ3v) is 5.06. The molecule has 1 heterocycles. The Kier molecular flexibility index (Phi) is 4.90. The first-order valence-electron chi connectivity index (χ1n) is 5.50. The van der Waals surface area contributed by atoms with E-state index in [2.05, 4.69) is 9.46 Å². The Morgan fingerprint density at radius 3 is 2.55 bits per heavy atom. The van der Waals surface area contributed by atoms with E-state index in [4.69, 9.17) is 5.11 Å². The predicted molar refractivity (Wildman–Crippen MR) is 72.3 cm³/mol. The molecule has 1 rings (SSSR count). The van der Waals surface area contributed by atoms with Crippen LogP contribution in [0.25, 0.3) is 0 Å². The number of ether oxygens (including phenoxy) is 1. The first-order chi connectivity index (χ1) is 9.09. The molecule has 0 aromatic carbocycles. The van der Waals surface area contributed by atoms with Crippen molar-refractivity contribution in [2.75, 3.05) is 7.11 Å². The van der Waals surface area contributed by atoms with Crippen LogP contribution in [0.1, 0.15) is 29.9 Å². The minimum absolute atomic E-state index is 0.0499. The van der Waals surface area contributed by atoms with Crippen LogP contribution in [0.4, 0.5) is 0 Å². The maximum atomic E-state index is 12.2. The maximum absolute atomic E-state index is 12.2. The summed E-state index contributed by atoms with van der Waals surface area (Å²) < 4.78 is 31.2. The zero-order chi connectivity index (χ0) is 15.6. The maximum Gasteiger partial charge on any atom is 0.349 e. The second kappa shape index (κ2) is 5.90. The van der Waals surface area contributed by atoms with Gasteiger partial charge in [0.05, 0.1) is 13.5 Å². The van der Waals surface area contributed by atoms with Gasteiger partial charge in [0.2, 0.25) is 10.0 Å². The lowest BCUT2D eigenvalue weighted by molar-refractivity contribution is -0.138. The fourth-order valence-corrected chi connectivity index (χ4v) is 4.33. The smallest absolute Gasteiger partial charge is 0.349 e. The van der Waals surface area contributed by atoms with E-state index in [0.717, 1.165) is 18.4 Å². The Balaban J connectivity index is 3.10. The van der Waals surface area contributed by atoms with Crippen molar-refractivity contribution in [3.8, 4) is 0 Å². The van der Waals surface area contributed by atoms with Gasteiger partial charge in [-0.05, 0) is 25.3 Å². The lowest BCUT2D eigenvalue weighted by Crippen LogP contribution is -2.45. The SMILES string of the molecule is COC(=O)c1sccc1S(=O)(=O)NC(C)(C)CC(=O)O. The van der Waals surface area contributed by atoms with Crippen LogP contribution in [0.3, 0.4) is 0 Å². The molecule has 1 aromatic heterocycles. The summed E-state index contributed by atoms with van der Waals surface area (Å²) in [4.78, 5) is 21.9. The van der Waals surface area contributed by atoms with E-state index < -0.39 is 27.5 Å². The van der Waals surface area contributed by atoms with Gasteiger partial charge in [0.15, 0.2) is 0 Å². The minimum atomic E-state index is -4.01. The molecule has 1 aromatic rings. The summed E-state index contributed by atoms with van der Waals surface area (Å²) in [6, 6.07) is 1.27. The Hall–Kier alpha value is -1.45. The summed E-state index contributed by atoms with van der Waals surface area (Å²) >= 11 is 0.939. The number of hydrogen-bond donors (Lipinski definition) is 2. The van der Waals surface area contributed by atoms with Gasteiger partial charge in [-0.25, -0.2) is 17.9 Å². The average molecular weight is 321 g/mol. The Bertz CT molecular complexity index is 617. The second-order valence-corrected chi connectivity index (χ2v) is 7.23. The lowest BCUT2D eigenvalue weighted by Gasteiger charge is -2.23. The minimum Gasteiger partial charge on any atom is -0.481 e. The van der Waals surface area contributed by atoms with Crippen LogP contribution in [0.15, 0.2) is 16.3 Å². The molecule has 0 atom stereocenters. The van der Waals surface area contributed by atoms with Gasteiger partial charge in [0, 0.05) is 5.54 Å². The van der Waals surface area contributed by atoms with Gasteiger partial charge in [0.1, 0.15) is 9.77 Å². The number of esters is 1. The van der Waals surface area contributed by atoms with Crippen molar-refractivity contribution < 1.29 is 27.9 Å². The normalized spacial score (nSPS) is 12.2. The Labute approximate surface area is 120 Å². The summed E-state index contributed by atoms with van der Waals surface area (Å²) in [5, 5.41) is 10.2. The van der Waals surface area contributed by atoms with Crippen molar-refractivity contribution in [3.05, 3.63) is 16.3 Å². The van der Waals surface area contributed by atoms with E-state index in [1.807, 2.05) is 0 Å². The van der Waals surface area contributed by atoms with Crippen LogP contribution in [0.2, 0.25) is 0 Å². The summed E-state index contributed by atoms with van der Waals surface area (Å²) in [7, 11) is -2.86. The molecule has 0 amide bonds. The van der Waals surface area contributed by atoms with E-state index in [0.29, 0.717) is 0 Å². The van der Waals surface area contributed by atoms with Gasteiger partial charge < -0.3 is 9.84 Å². The number of carboxylic acids is 1. The highest BCUT2D eigenvalue weighted by Crippen LogP contribution is 2.24. The van der Waals surface area contributed by atoms with Gasteiger partial charge in [0.25, 0.3) is 0 Å². The first kappa shape index (κ1) is 16.6. The standard InChI is InChI=1S/C11H15NO6S2/c1-11(2,6-8(13)14)12-20(16,17)7-4-5-19-9(7)10(15)18-3/h4-5,12H,6H2,1-3H3,(H,13,14). The number of sulfonamides is 1. The first-order valence-corrected chi connectivity index (χ1v) is 7.87. The molecular weight excluding hydrogens is 306 g/mol. The quantitative estimate of drug-likeness (QED) is 0.758. The molecule has 7 nitrogen and oxygen atoms in total. The van der Waals surface area contributed by atoms with Crippen molar-refractivity contribution in [2.24, 2.45) is 0 Å². The molecule has 0 aliphatic heterocycles. The van der Waals surface area contributed by atoms with Crippen LogP contribution in [0.5, 0.6) is 0 Å². The average Bonchev–Trinajstić information content (AvgIpc) is 2.73. The molecule has 0 radical (unpaired) electrons. The van der Waals surface area contributed by atoms with Crippen LogP contribution >= 0.6 is 11.3 Å². The number of thiophene rings is 1. The van der Waals surface area contributed by atoms with Crippen LogP contribution in [0, 0.1) is 0 Å². The molecule has 20 heavy (non-hydrogen) atoms.